The zero-order valence-corrected chi connectivity index (χ0v) is 12.4. The number of phenolic OH excluding ortho intramolecular Hbond substituents is 2. The summed E-state index contributed by atoms with van der Waals surface area (Å²) in [7, 11) is 0. The van der Waals surface area contributed by atoms with Crippen molar-refractivity contribution in [1.29, 1.82) is 0 Å². The Hall–Kier alpha value is -1.96. The Balaban J connectivity index is 2.69. The highest BCUT2D eigenvalue weighted by Gasteiger charge is 2.17. The van der Waals surface area contributed by atoms with Gasteiger partial charge in [0.2, 0.25) is 0 Å². The second-order valence-corrected chi connectivity index (χ2v) is 5.02. The molecule has 0 radical (unpaired) electrons. The second-order valence-electron chi connectivity index (χ2n) is 5.02. The molecular formula is C18H22O2. The van der Waals surface area contributed by atoms with Gasteiger partial charge in [-0.2, -0.15) is 0 Å². The fourth-order valence-corrected chi connectivity index (χ4v) is 2.65. The summed E-state index contributed by atoms with van der Waals surface area (Å²) >= 11 is 0. The third-order valence-electron chi connectivity index (χ3n) is 3.82. The van der Waals surface area contributed by atoms with Gasteiger partial charge in [0.25, 0.3) is 0 Å². The lowest BCUT2D eigenvalue weighted by atomic mass is 9.92. The molecule has 0 aliphatic rings. The molecule has 2 heteroatoms. The molecule has 0 fully saturated rings. The molecule has 0 amide bonds. The SMILES string of the molecule is CCc1cccc(-c2c(O)cc(CC)c(O)c2CC)c1. The van der Waals surface area contributed by atoms with Crippen LogP contribution >= 0.6 is 0 Å². The number of phenols is 2. The van der Waals surface area contributed by atoms with Gasteiger partial charge in [0.1, 0.15) is 11.5 Å². The Morgan fingerprint density at radius 1 is 0.900 bits per heavy atom. The molecule has 0 spiro atoms. The Morgan fingerprint density at radius 2 is 1.65 bits per heavy atom. The van der Waals surface area contributed by atoms with Gasteiger partial charge < -0.3 is 10.2 Å². The molecule has 0 saturated carbocycles. The van der Waals surface area contributed by atoms with Crippen molar-refractivity contribution < 1.29 is 10.2 Å². The van der Waals surface area contributed by atoms with Crippen LogP contribution in [0.3, 0.4) is 0 Å². The molecule has 2 N–H and O–H groups in total. The monoisotopic (exact) mass is 270 g/mol. The number of aromatic hydroxyl groups is 2. The molecule has 0 heterocycles. The van der Waals surface area contributed by atoms with Crippen LogP contribution in [0.25, 0.3) is 11.1 Å². The van der Waals surface area contributed by atoms with Crippen molar-refractivity contribution in [1.82, 2.24) is 0 Å². The van der Waals surface area contributed by atoms with Gasteiger partial charge in [-0.3, -0.25) is 0 Å². The van der Waals surface area contributed by atoms with Crippen molar-refractivity contribution in [3.05, 3.63) is 47.0 Å². The summed E-state index contributed by atoms with van der Waals surface area (Å²) in [6.07, 6.45) is 2.36. The highest BCUT2D eigenvalue weighted by atomic mass is 16.3. The number of benzene rings is 2. The Bertz CT molecular complexity index is 615. The Kier molecular flexibility index (Phi) is 4.33. The molecule has 2 aromatic rings. The summed E-state index contributed by atoms with van der Waals surface area (Å²) in [5.74, 6) is 0.578. The van der Waals surface area contributed by atoms with E-state index < -0.39 is 0 Å². The first-order valence-corrected chi connectivity index (χ1v) is 7.28. The molecule has 106 valence electrons. The first kappa shape index (κ1) is 14.4. The molecule has 0 unspecified atom stereocenters. The highest BCUT2D eigenvalue weighted by Crippen LogP contribution is 2.40. The maximum absolute atomic E-state index is 10.4. The number of hydrogen-bond acceptors (Lipinski definition) is 2. The van der Waals surface area contributed by atoms with Crippen molar-refractivity contribution in [2.45, 2.75) is 40.0 Å². The molecule has 2 aromatic carbocycles. The quantitative estimate of drug-likeness (QED) is 0.806. The van der Waals surface area contributed by atoms with Gasteiger partial charge in [-0.15, -0.1) is 0 Å². The molecule has 0 bridgehead atoms. The van der Waals surface area contributed by atoms with Crippen molar-refractivity contribution in [2.24, 2.45) is 0 Å². The van der Waals surface area contributed by atoms with E-state index in [4.69, 9.17) is 0 Å². The van der Waals surface area contributed by atoms with Crippen LogP contribution in [0.1, 0.15) is 37.5 Å². The first-order valence-electron chi connectivity index (χ1n) is 7.28. The van der Waals surface area contributed by atoms with Crippen LogP contribution in [-0.4, -0.2) is 10.2 Å². The molecule has 0 aliphatic heterocycles. The fourth-order valence-electron chi connectivity index (χ4n) is 2.65. The van der Waals surface area contributed by atoms with E-state index in [9.17, 15) is 10.2 Å². The normalized spacial score (nSPS) is 10.8. The number of hydrogen-bond donors (Lipinski definition) is 2. The van der Waals surface area contributed by atoms with Crippen LogP contribution < -0.4 is 0 Å². The summed E-state index contributed by atoms with van der Waals surface area (Å²) in [5.41, 5.74) is 4.59. The fraction of sp³-hybridized carbons (Fsp3) is 0.333. The zero-order valence-electron chi connectivity index (χ0n) is 12.4. The van der Waals surface area contributed by atoms with Crippen molar-refractivity contribution in [2.75, 3.05) is 0 Å². The average Bonchev–Trinajstić information content (AvgIpc) is 2.48. The van der Waals surface area contributed by atoms with Crippen molar-refractivity contribution in [3.63, 3.8) is 0 Å². The predicted molar refractivity (Wildman–Crippen MR) is 83.3 cm³/mol. The second kappa shape index (κ2) is 6.00. The summed E-state index contributed by atoms with van der Waals surface area (Å²) in [6, 6.07) is 9.82. The lowest BCUT2D eigenvalue weighted by Crippen LogP contribution is -1.95. The lowest BCUT2D eigenvalue weighted by Gasteiger charge is -2.16. The van der Waals surface area contributed by atoms with E-state index in [0.717, 1.165) is 28.7 Å². The van der Waals surface area contributed by atoms with Gasteiger partial charge in [-0.1, -0.05) is 45.0 Å². The van der Waals surface area contributed by atoms with Gasteiger partial charge in [-0.25, -0.2) is 0 Å². The minimum atomic E-state index is 0.254. The minimum Gasteiger partial charge on any atom is -0.507 e. The largest absolute Gasteiger partial charge is 0.507 e. The van der Waals surface area contributed by atoms with Crippen LogP contribution in [0.5, 0.6) is 11.5 Å². The van der Waals surface area contributed by atoms with E-state index in [0.29, 0.717) is 18.6 Å². The van der Waals surface area contributed by atoms with E-state index in [1.165, 1.54) is 5.56 Å². The van der Waals surface area contributed by atoms with Crippen LogP contribution in [0.2, 0.25) is 0 Å². The number of rotatable bonds is 4. The zero-order chi connectivity index (χ0) is 14.7. The standard InChI is InChI=1S/C18H22O2/c1-4-12-8-7-9-14(10-12)17-15(6-3)18(20)13(5-2)11-16(17)19/h7-11,19-20H,4-6H2,1-3H3. The maximum atomic E-state index is 10.4. The maximum Gasteiger partial charge on any atom is 0.124 e. The topological polar surface area (TPSA) is 40.5 Å². The molecular weight excluding hydrogens is 248 g/mol. The third kappa shape index (κ3) is 2.51. The van der Waals surface area contributed by atoms with Crippen molar-refractivity contribution >= 4 is 0 Å². The van der Waals surface area contributed by atoms with E-state index >= 15 is 0 Å². The smallest absolute Gasteiger partial charge is 0.124 e. The molecule has 2 nitrogen and oxygen atoms in total. The van der Waals surface area contributed by atoms with Crippen LogP contribution in [-0.2, 0) is 19.3 Å². The van der Waals surface area contributed by atoms with E-state index in [1.807, 2.05) is 26.0 Å². The van der Waals surface area contributed by atoms with E-state index in [2.05, 4.69) is 19.1 Å². The third-order valence-corrected chi connectivity index (χ3v) is 3.82. The molecule has 20 heavy (non-hydrogen) atoms. The van der Waals surface area contributed by atoms with Gasteiger partial charge in [0.15, 0.2) is 0 Å². The van der Waals surface area contributed by atoms with E-state index in [-0.39, 0.29) is 5.75 Å². The summed E-state index contributed by atoms with van der Waals surface area (Å²) in [4.78, 5) is 0. The Morgan fingerprint density at radius 3 is 2.25 bits per heavy atom. The van der Waals surface area contributed by atoms with Crippen LogP contribution in [0, 0.1) is 0 Å². The van der Waals surface area contributed by atoms with Crippen LogP contribution in [0.4, 0.5) is 0 Å². The summed E-state index contributed by atoms with van der Waals surface area (Å²) in [6.45, 7) is 6.09. The first-order chi connectivity index (χ1) is 9.62. The van der Waals surface area contributed by atoms with Gasteiger partial charge in [-0.05, 0) is 42.0 Å². The molecule has 0 saturated heterocycles. The average molecular weight is 270 g/mol. The molecule has 0 aliphatic carbocycles. The lowest BCUT2D eigenvalue weighted by molar-refractivity contribution is 0.450. The summed E-state index contributed by atoms with van der Waals surface area (Å²) in [5, 5.41) is 20.7. The van der Waals surface area contributed by atoms with E-state index in [1.54, 1.807) is 6.07 Å². The predicted octanol–water partition coefficient (Wildman–Crippen LogP) is 4.45. The molecule has 0 atom stereocenters. The summed E-state index contributed by atoms with van der Waals surface area (Å²) < 4.78 is 0. The van der Waals surface area contributed by atoms with Gasteiger partial charge >= 0.3 is 0 Å². The number of aryl methyl sites for hydroxylation is 2. The van der Waals surface area contributed by atoms with Gasteiger partial charge in [0, 0.05) is 11.1 Å². The van der Waals surface area contributed by atoms with Gasteiger partial charge in [0.05, 0.1) is 0 Å². The Labute approximate surface area is 120 Å². The van der Waals surface area contributed by atoms with Crippen LogP contribution in [0.15, 0.2) is 30.3 Å². The minimum absolute atomic E-state index is 0.254. The van der Waals surface area contributed by atoms with Crippen molar-refractivity contribution in [3.8, 4) is 22.6 Å². The highest BCUT2D eigenvalue weighted by molar-refractivity contribution is 5.77. The molecule has 0 aromatic heterocycles. The molecule has 2 rings (SSSR count).